The zero-order valence-electron chi connectivity index (χ0n) is 12.2. The van der Waals surface area contributed by atoms with Gasteiger partial charge in [0.15, 0.2) is 0 Å². The van der Waals surface area contributed by atoms with Crippen molar-refractivity contribution in [3.8, 4) is 0 Å². The molecule has 3 nitrogen and oxygen atoms in total. The van der Waals surface area contributed by atoms with Crippen LogP contribution in [0.2, 0.25) is 0 Å². The number of halogens is 1. The Morgan fingerprint density at radius 1 is 1.50 bits per heavy atom. The molecule has 3 atom stereocenters. The number of hydrogen-bond acceptors (Lipinski definition) is 2. The number of ether oxygens (including phenoxy) is 1. The highest BCUT2D eigenvalue weighted by Crippen LogP contribution is 2.29. The van der Waals surface area contributed by atoms with Crippen LogP contribution in [-0.2, 0) is 4.74 Å². The number of amides is 1. The number of likely N-dealkylation sites (tertiary alicyclic amines) is 1. The summed E-state index contributed by atoms with van der Waals surface area (Å²) in [7, 11) is 0. The molecule has 1 amide bonds. The van der Waals surface area contributed by atoms with Gasteiger partial charge in [-0.05, 0) is 45.4 Å². The summed E-state index contributed by atoms with van der Waals surface area (Å²) < 4.78 is 5.42. The monoisotopic (exact) mass is 319 g/mol. The summed E-state index contributed by atoms with van der Waals surface area (Å²) in [6, 6.07) is 0. The maximum Gasteiger partial charge on any atom is 0.410 e. The van der Waals surface area contributed by atoms with Crippen molar-refractivity contribution in [3.05, 3.63) is 0 Å². The average Bonchev–Trinajstić information content (AvgIpc) is 2.17. The van der Waals surface area contributed by atoms with Crippen LogP contribution in [0, 0.1) is 11.8 Å². The van der Waals surface area contributed by atoms with Gasteiger partial charge in [0.05, 0.1) is 0 Å². The molecule has 3 unspecified atom stereocenters. The first kappa shape index (κ1) is 15.8. The highest BCUT2D eigenvalue weighted by molar-refractivity contribution is 9.09. The molecule has 0 aromatic rings. The van der Waals surface area contributed by atoms with Crippen LogP contribution in [0.1, 0.15) is 47.5 Å². The Labute approximate surface area is 119 Å². The molecular formula is C14H26BrNO2. The second-order valence-electron chi connectivity index (χ2n) is 6.47. The fourth-order valence-corrected chi connectivity index (χ4v) is 2.93. The van der Waals surface area contributed by atoms with Gasteiger partial charge in [-0.1, -0.05) is 29.8 Å². The minimum Gasteiger partial charge on any atom is -0.444 e. The first-order chi connectivity index (χ1) is 8.19. The number of alkyl halides is 1. The van der Waals surface area contributed by atoms with Crippen molar-refractivity contribution in [2.75, 3.05) is 13.1 Å². The maximum absolute atomic E-state index is 12.0. The molecule has 0 aromatic heterocycles. The first-order valence-electron chi connectivity index (χ1n) is 6.81. The minimum atomic E-state index is -0.401. The van der Waals surface area contributed by atoms with Crippen molar-refractivity contribution in [2.24, 2.45) is 11.8 Å². The molecule has 1 aliphatic heterocycles. The van der Waals surface area contributed by atoms with Gasteiger partial charge in [0.2, 0.25) is 0 Å². The Bertz CT molecular complexity index is 286. The van der Waals surface area contributed by atoms with Crippen molar-refractivity contribution < 1.29 is 9.53 Å². The standard InChI is InChI=1S/C14H26BrNO2/c1-10-9-16(13(17)18-14(3,4)5)7-6-12(10)8-11(2)15/h10-12H,6-9H2,1-5H3. The predicted molar refractivity (Wildman–Crippen MR) is 78.1 cm³/mol. The number of piperidine rings is 1. The van der Waals surface area contributed by atoms with E-state index in [-0.39, 0.29) is 6.09 Å². The van der Waals surface area contributed by atoms with Crippen LogP contribution in [0.3, 0.4) is 0 Å². The van der Waals surface area contributed by atoms with Gasteiger partial charge in [-0.15, -0.1) is 0 Å². The molecule has 1 saturated heterocycles. The Balaban J connectivity index is 2.48. The lowest BCUT2D eigenvalue weighted by atomic mass is 9.84. The van der Waals surface area contributed by atoms with Crippen molar-refractivity contribution in [2.45, 2.75) is 57.9 Å². The number of rotatable bonds is 2. The van der Waals surface area contributed by atoms with Crippen LogP contribution in [-0.4, -0.2) is 34.5 Å². The Morgan fingerprint density at radius 2 is 2.11 bits per heavy atom. The minimum absolute atomic E-state index is 0.167. The molecule has 0 N–H and O–H groups in total. The molecule has 0 saturated carbocycles. The van der Waals surface area contributed by atoms with E-state index in [0.29, 0.717) is 16.7 Å². The summed E-state index contributed by atoms with van der Waals surface area (Å²) in [5.41, 5.74) is -0.401. The Kier molecular flexibility index (Phi) is 5.50. The van der Waals surface area contributed by atoms with E-state index in [4.69, 9.17) is 4.74 Å². The molecule has 0 bridgehead atoms. The van der Waals surface area contributed by atoms with Crippen molar-refractivity contribution >= 4 is 22.0 Å². The molecule has 0 aromatic carbocycles. The number of carbonyl (C=O) groups is 1. The maximum atomic E-state index is 12.0. The second kappa shape index (κ2) is 6.27. The van der Waals surface area contributed by atoms with E-state index < -0.39 is 5.60 Å². The predicted octanol–water partition coefficient (Wildman–Crippen LogP) is 4.05. The zero-order valence-corrected chi connectivity index (χ0v) is 13.8. The highest BCUT2D eigenvalue weighted by atomic mass is 79.9. The average molecular weight is 320 g/mol. The van der Waals surface area contributed by atoms with Gasteiger partial charge in [-0.3, -0.25) is 0 Å². The topological polar surface area (TPSA) is 29.5 Å². The molecule has 1 rings (SSSR count). The summed E-state index contributed by atoms with van der Waals surface area (Å²) in [4.78, 5) is 14.4. The van der Waals surface area contributed by atoms with Gasteiger partial charge in [0.1, 0.15) is 5.60 Å². The van der Waals surface area contributed by atoms with E-state index in [1.54, 1.807) is 0 Å². The fraction of sp³-hybridized carbons (Fsp3) is 0.929. The Hall–Kier alpha value is -0.250. The molecule has 0 radical (unpaired) electrons. The van der Waals surface area contributed by atoms with Gasteiger partial charge in [-0.2, -0.15) is 0 Å². The fourth-order valence-electron chi connectivity index (χ4n) is 2.45. The lowest BCUT2D eigenvalue weighted by Crippen LogP contribution is -2.45. The normalized spacial score (nSPS) is 26.9. The van der Waals surface area contributed by atoms with Crippen LogP contribution < -0.4 is 0 Å². The van der Waals surface area contributed by atoms with Crippen molar-refractivity contribution in [1.82, 2.24) is 4.90 Å². The number of hydrogen-bond donors (Lipinski definition) is 0. The van der Waals surface area contributed by atoms with E-state index in [0.717, 1.165) is 19.5 Å². The van der Waals surface area contributed by atoms with Gasteiger partial charge in [0.25, 0.3) is 0 Å². The largest absolute Gasteiger partial charge is 0.444 e. The van der Waals surface area contributed by atoms with E-state index in [1.165, 1.54) is 6.42 Å². The smallest absolute Gasteiger partial charge is 0.410 e. The number of nitrogens with zero attached hydrogens (tertiary/aromatic N) is 1. The quantitative estimate of drug-likeness (QED) is 0.718. The van der Waals surface area contributed by atoms with E-state index in [2.05, 4.69) is 29.8 Å². The molecule has 0 aliphatic carbocycles. The van der Waals surface area contributed by atoms with E-state index in [1.807, 2.05) is 25.7 Å². The molecule has 1 fully saturated rings. The molecule has 0 spiro atoms. The first-order valence-corrected chi connectivity index (χ1v) is 7.72. The third-order valence-corrected chi connectivity index (χ3v) is 3.74. The van der Waals surface area contributed by atoms with Crippen LogP contribution >= 0.6 is 15.9 Å². The molecule has 4 heteroatoms. The number of carbonyl (C=O) groups excluding carboxylic acids is 1. The zero-order chi connectivity index (χ0) is 13.9. The van der Waals surface area contributed by atoms with Crippen LogP contribution in [0.25, 0.3) is 0 Å². The highest BCUT2D eigenvalue weighted by Gasteiger charge is 2.31. The summed E-state index contributed by atoms with van der Waals surface area (Å²) in [6.07, 6.45) is 2.10. The van der Waals surface area contributed by atoms with E-state index >= 15 is 0 Å². The second-order valence-corrected chi connectivity index (χ2v) is 8.03. The lowest BCUT2D eigenvalue weighted by molar-refractivity contribution is 0.0112. The SMILES string of the molecule is CC(Br)CC1CCN(C(=O)OC(C)(C)C)CC1C. The lowest BCUT2D eigenvalue weighted by Gasteiger charge is -2.38. The van der Waals surface area contributed by atoms with Gasteiger partial charge < -0.3 is 9.64 Å². The van der Waals surface area contributed by atoms with Crippen LogP contribution in [0.15, 0.2) is 0 Å². The molecular weight excluding hydrogens is 294 g/mol. The molecule has 18 heavy (non-hydrogen) atoms. The van der Waals surface area contributed by atoms with Gasteiger partial charge in [-0.25, -0.2) is 4.79 Å². The third-order valence-electron chi connectivity index (χ3n) is 3.36. The molecule has 1 heterocycles. The summed E-state index contributed by atoms with van der Waals surface area (Å²) in [5, 5.41) is 0. The molecule has 1 aliphatic rings. The van der Waals surface area contributed by atoms with Crippen molar-refractivity contribution in [1.29, 1.82) is 0 Å². The Morgan fingerprint density at radius 3 is 2.56 bits per heavy atom. The summed E-state index contributed by atoms with van der Waals surface area (Å²) in [5.74, 6) is 1.25. The molecule has 106 valence electrons. The van der Waals surface area contributed by atoms with Crippen molar-refractivity contribution in [3.63, 3.8) is 0 Å². The van der Waals surface area contributed by atoms with Gasteiger partial charge in [0, 0.05) is 17.9 Å². The summed E-state index contributed by atoms with van der Waals surface area (Å²) >= 11 is 3.62. The van der Waals surface area contributed by atoms with Crippen LogP contribution in [0.4, 0.5) is 4.79 Å². The van der Waals surface area contributed by atoms with Gasteiger partial charge >= 0.3 is 6.09 Å². The third kappa shape index (κ3) is 5.17. The summed E-state index contributed by atoms with van der Waals surface area (Å²) in [6.45, 7) is 11.8. The van der Waals surface area contributed by atoms with E-state index in [9.17, 15) is 4.79 Å². The van der Waals surface area contributed by atoms with Crippen LogP contribution in [0.5, 0.6) is 0 Å².